The van der Waals surface area contributed by atoms with Crippen molar-refractivity contribution >= 4 is 36.3 Å². The fraction of sp³-hybridized carbons (Fsp3) is 0.714. The summed E-state index contributed by atoms with van der Waals surface area (Å²) in [6, 6.07) is 0. The van der Waals surface area contributed by atoms with Gasteiger partial charge in [-0.15, -0.1) is 0 Å². The average Bonchev–Trinajstić information content (AvgIpc) is 2.40. The maximum atomic E-state index is 11.8. The van der Waals surface area contributed by atoms with Crippen LogP contribution in [0.2, 0.25) is 18.1 Å². The van der Waals surface area contributed by atoms with Crippen LogP contribution in [-0.2, 0) is 18.7 Å². The van der Waals surface area contributed by atoms with E-state index in [2.05, 4.69) is 64.6 Å². The van der Waals surface area contributed by atoms with Crippen LogP contribution in [0.4, 0.5) is 4.79 Å². The lowest BCUT2D eigenvalue weighted by molar-refractivity contribution is -0.136. The molecule has 0 aromatic rings. The monoisotopic (exact) mass is 395 g/mol. The van der Waals surface area contributed by atoms with E-state index in [1.807, 2.05) is 6.92 Å². The molecule has 1 amide bonds. The molecule has 0 heterocycles. The standard InChI is InChI=1S/C14H26BrNO5Si/c1-9(21-22(7,8)14(2,3)4)10(15)11(12(17)19-5)16-13(18)20-6/h9H,1-8H3,(H,16,18)/b11-10-/t9-/m0/s1. The van der Waals surface area contributed by atoms with Crippen LogP contribution in [-0.4, -0.2) is 40.7 Å². The molecular formula is C14H26BrNO5Si. The highest BCUT2D eigenvalue weighted by atomic mass is 79.9. The number of carbonyl (C=O) groups is 2. The largest absolute Gasteiger partial charge is 0.464 e. The lowest BCUT2D eigenvalue weighted by atomic mass is 10.2. The van der Waals surface area contributed by atoms with E-state index in [9.17, 15) is 9.59 Å². The quantitative estimate of drug-likeness (QED) is 0.437. The van der Waals surface area contributed by atoms with E-state index in [-0.39, 0.29) is 10.7 Å². The Hall–Kier alpha value is -0.863. The van der Waals surface area contributed by atoms with E-state index in [1.54, 1.807) is 0 Å². The molecule has 0 bridgehead atoms. The van der Waals surface area contributed by atoms with E-state index >= 15 is 0 Å². The molecule has 0 saturated carbocycles. The number of carbonyl (C=O) groups excluding carboxylic acids is 2. The molecular weight excluding hydrogens is 370 g/mol. The number of alkyl carbamates (subject to hydrolysis) is 1. The van der Waals surface area contributed by atoms with Crippen LogP contribution in [0.3, 0.4) is 0 Å². The van der Waals surface area contributed by atoms with Gasteiger partial charge in [0, 0.05) is 0 Å². The van der Waals surface area contributed by atoms with Gasteiger partial charge in [0.25, 0.3) is 0 Å². The van der Waals surface area contributed by atoms with Crippen LogP contribution in [0, 0.1) is 0 Å². The predicted octanol–water partition coefficient (Wildman–Crippen LogP) is 3.53. The summed E-state index contributed by atoms with van der Waals surface area (Å²) in [4.78, 5) is 23.2. The van der Waals surface area contributed by atoms with Gasteiger partial charge < -0.3 is 13.9 Å². The number of methoxy groups -OCH3 is 2. The summed E-state index contributed by atoms with van der Waals surface area (Å²) in [5.74, 6) is -0.678. The fourth-order valence-electron chi connectivity index (χ4n) is 1.34. The molecule has 1 atom stereocenters. The molecule has 22 heavy (non-hydrogen) atoms. The van der Waals surface area contributed by atoms with Crippen molar-refractivity contribution in [2.45, 2.75) is 51.9 Å². The number of nitrogens with one attached hydrogen (secondary N) is 1. The van der Waals surface area contributed by atoms with Crippen molar-refractivity contribution in [1.82, 2.24) is 5.32 Å². The smallest absolute Gasteiger partial charge is 0.411 e. The van der Waals surface area contributed by atoms with Gasteiger partial charge in [-0.3, -0.25) is 5.32 Å². The molecule has 128 valence electrons. The molecule has 0 rings (SSSR count). The zero-order valence-electron chi connectivity index (χ0n) is 14.5. The minimum absolute atomic E-state index is 0.0236. The number of amides is 1. The van der Waals surface area contributed by atoms with Crippen molar-refractivity contribution < 1.29 is 23.5 Å². The number of ether oxygens (including phenoxy) is 2. The third-order valence-corrected chi connectivity index (χ3v) is 9.27. The van der Waals surface area contributed by atoms with Gasteiger partial charge in [0.1, 0.15) is 5.70 Å². The van der Waals surface area contributed by atoms with Gasteiger partial charge >= 0.3 is 12.1 Å². The second-order valence-electron chi connectivity index (χ2n) is 6.35. The van der Waals surface area contributed by atoms with Crippen molar-refractivity contribution in [3.63, 3.8) is 0 Å². The van der Waals surface area contributed by atoms with Crippen LogP contribution < -0.4 is 5.32 Å². The summed E-state index contributed by atoms with van der Waals surface area (Å²) in [6.45, 7) is 12.4. The van der Waals surface area contributed by atoms with Gasteiger partial charge in [-0.2, -0.15) is 0 Å². The first-order valence-corrected chi connectivity index (χ1v) is 10.6. The Morgan fingerprint density at radius 3 is 2.00 bits per heavy atom. The molecule has 0 aliphatic heterocycles. The maximum absolute atomic E-state index is 11.8. The van der Waals surface area contributed by atoms with Gasteiger partial charge in [0.2, 0.25) is 0 Å². The molecule has 0 unspecified atom stereocenters. The summed E-state index contributed by atoms with van der Waals surface area (Å²) in [5.41, 5.74) is -0.0273. The summed E-state index contributed by atoms with van der Waals surface area (Å²) in [7, 11) is 0.423. The Morgan fingerprint density at radius 2 is 1.64 bits per heavy atom. The normalized spacial score (nSPS) is 14.8. The average molecular weight is 396 g/mol. The van der Waals surface area contributed by atoms with Gasteiger partial charge in [-0.05, 0) is 25.1 Å². The molecule has 0 aromatic carbocycles. The van der Waals surface area contributed by atoms with E-state index in [4.69, 9.17) is 4.43 Å². The van der Waals surface area contributed by atoms with E-state index < -0.39 is 26.5 Å². The highest BCUT2D eigenvalue weighted by Crippen LogP contribution is 2.38. The highest BCUT2D eigenvalue weighted by Gasteiger charge is 2.39. The Morgan fingerprint density at radius 1 is 1.14 bits per heavy atom. The summed E-state index contributed by atoms with van der Waals surface area (Å²) in [5, 5.41) is 2.38. The van der Waals surface area contributed by atoms with Crippen LogP contribution in [0.25, 0.3) is 0 Å². The fourth-order valence-corrected chi connectivity index (χ4v) is 3.22. The molecule has 0 aliphatic carbocycles. The molecule has 0 aromatic heterocycles. The van der Waals surface area contributed by atoms with Gasteiger partial charge in [-0.25, -0.2) is 9.59 Å². The second kappa shape index (κ2) is 8.12. The molecule has 0 spiro atoms. The Labute approximate surface area is 141 Å². The topological polar surface area (TPSA) is 73.9 Å². The summed E-state index contributed by atoms with van der Waals surface area (Å²) < 4.78 is 15.8. The minimum Gasteiger partial charge on any atom is -0.464 e. The number of halogens is 1. The Kier molecular flexibility index (Phi) is 7.80. The zero-order valence-corrected chi connectivity index (χ0v) is 17.1. The van der Waals surface area contributed by atoms with Crippen molar-refractivity contribution in [1.29, 1.82) is 0 Å². The summed E-state index contributed by atoms with van der Waals surface area (Å²) >= 11 is 3.33. The first-order chi connectivity index (χ1) is 9.87. The maximum Gasteiger partial charge on any atom is 0.411 e. The summed E-state index contributed by atoms with van der Waals surface area (Å²) in [6.07, 6.45) is -1.16. The van der Waals surface area contributed by atoms with E-state index in [0.29, 0.717) is 4.48 Å². The highest BCUT2D eigenvalue weighted by molar-refractivity contribution is 9.11. The lowest BCUT2D eigenvalue weighted by Crippen LogP contribution is -2.44. The van der Waals surface area contributed by atoms with E-state index in [1.165, 1.54) is 14.2 Å². The second-order valence-corrected chi connectivity index (χ2v) is 12.0. The molecule has 0 radical (unpaired) electrons. The minimum atomic E-state index is -2.03. The predicted molar refractivity (Wildman–Crippen MR) is 91.3 cm³/mol. The van der Waals surface area contributed by atoms with Crippen LogP contribution in [0.1, 0.15) is 27.7 Å². The Balaban J connectivity index is 5.45. The molecule has 1 N–H and O–H groups in total. The van der Waals surface area contributed by atoms with Gasteiger partial charge in [0.15, 0.2) is 8.32 Å². The van der Waals surface area contributed by atoms with E-state index in [0.717, 1.165) is 0 Å². The van der Waals surface area contributed by atoms with Crippen molar-refractivity contribution in [3.8, 4) is 0 Å². The van der Waals surface area contributed by atoms with Crippen molar-refractivity contribution in [2.24, 2.45) is 0 Å². The van der Waals surface area contributed by atoms with Crippen molar-refractivity contribution in [3.05, 3.63) is 10.2 Å². The first kappa shape index (κ1) is 21.1. The zero-order chi connectivity index (χ0) is 17.7. The molecule has 8 heteroatoms. The van der Waals surface area contributed by atoms with Gasteiger partial charge in [-0.1, -0.05) is 36.7 Å². The number of rotatable bonds is 5. The number of hydrogen-bond donors (Lipinski definition) is 1. The lowest BCUT2D eigenvalue weighted by Gasteiger charge is -2.38. The molecule has 0 fully saturated rings. The van der Waals surface area contributed by atoms with Crippen LogP contribution >= 0.6 is 15.9 Å². The Bertz CT molecular complexity index is 457. The van der Waals surface area contributed by atoms with Crippen LogP contribution in [0.15, 0.2) is 10.2 Å². The van der Waals surface area contributed by atoms with Crippen molar-refractivity contribution in [2.75, 3.05) is 14.2 Å². The number of esters is 1. The molecule has 0 saturated heterocycles. The number of hydrogen-bond acceptors (Lipinski definition) is 5. The third-order valence-electron chi connectivity index (χ3n) is 3.68. The van der Waals surface area contributed by atoms with Gasteiger partial charge in [0.05, 0.1) is 24.8 Å². The SMILES string of the molecule is COC(=O)N/C(C(=O)OC)=C(\Br)[C@H](C)O[Si](C)(C)C(C)(C)C. The van der Waals surface area contributed by atoms with Crippen LogP contribution in [0.5, 0.6) is 0 Å². The third kappa shape index (κ3) is 5.73. The molecule has 6 nitrogen and oxygen atoms in total. The molecule has 0 aliphatic rings. The first-order valence-electron chi connectivity index (χ1n) is 6.88.